The largest absolute Gasteiger partial charge is 0.243 e. The molecular weight excluding hydrogens is 260 g/mol. The highest BCUT2D eigenvalue weighted by molar-refractivity contribution is 7.89. The van der Waals surface area contributed by atoms with Gasteiger partial charge >= 0.3 is 0 Å². The van der Waals surface area contributed by atoms with Gasteiger partial charge in [0.05, 0.1) is 11.0 Å². The fraction of sp³-hybridized carbons (Fsp3) is 0.500. The molecule has 0 aliphatic rings. The Kier molecular flexibility index (Phi) is 5.10. The van der Waals surface area contributed by atoms with Crippen molar-refractivity contribution in [1.29, 1.82) is 5.26 Å². The molecule has 0 aromatic heterocycles. The first kappa shape index (κ1) is 15.7. The summed E-state index contributed by atoms with van der Waals surface area (Å²) in [5, 5.41) is 8.62. The molecule has 1 aromatic rings. The molecular formula is C14H20N2O2S. The van der Waals surface area contributed by atoms with Crippen molar-refractivity contribution in [1.82, 2.24) is 4.31 Å². The van der Waals surface area contributed by atoms with E-state index in [1.807, 2.05) is 39.0 Å². The summed E-state index contributed by atoms with van der Waals surface area (Å²) in [7, 11) is -3.52. The molecule has 5 heteroatoms. The lowest BCUT2D eigenvalue weighted by atomic mass is 10.1. The molecule has 0 radical (unpaired) electrons. The van der Waals surface area contributed by atoms with Crippen molar-refractivity contribution in [3.8, 4) is 6.07 Å². The maximum atomic E-state index is 12.6. The van der Waals surface area contributed by atoms with Crippen LogP contribution in [0.3, 0.4) is 0 Å². The Labute approximate surface area is 115 Å². The molecule has 0 atom stereocenters. The number of nitrogens with zero attached hydrogens (tertiary/aromatic N) is 2. The molecule has 104 valence electrons. The van der Waals surface area contributed by atoms with Crippen molar-refractivity contribution >= 4 is 10.0 Å². The standard InChI is InChI=1S/C14H20N2O2S/c1-5-16(8-6-7-15)19(17,18)14-12(3)9-11(2)10-13(14)4/h9-10H,5-6,8H2,1-4H3. The molecule has 0 N–H and O–H groups in total. The van der Waals surface area contributed by atoms with E-state index in [9.17, 15) is 8.42 Å². The van der Waals surface area contributed by atoms with Crippen molar-refractivity contribution < 1.29 is 8.42 Å². The van der Waals surface area contributed by atoms with Gasteiger partial charge in [0, 0.05) is 19.5 Å². The van der Waals surface area contributed by atoms with E-state index >= 15 is 0 Å². The van der Waals surface area contributed by atoms with Crippen molar-refractivity contribution in [3.63, 3.8) is 0 Å². The highest BCUT2D eigenvalue weighted by atomic mass is 32.2. The number of hydrogen-bond acceptors (Lipinski definition) is 3. The quantitative estimate of drug-likeness (QED) is 0.832. The third-order valence-electron chi connectivity index (χ3n) is 3.03. The summed E-state index contributed by atoms with van der Waals surface area (Å²) in [6.07, 6.45) is 0.205. The Bertz CT molecular complexity index is 577. The van der Waals surface area contributed by atoms with Crippen LogP contribution in [-0.4, -0.2) is 25.8 Å². The maximum Gasteiger partial charge on any atom is 0.243 e. The van der Waals surface area contributed by atoms with Crippen molar-refractivity contribution in [3.05, 3.63) is 28.8 Å². The van der Waals surface area contributed by atoms with E-state index in [2.05, 4.69) is 0 Å². The zero-order chi connectivity index (χ0) is 14.6. The lowest BCUT2D eigenvalue weighted by Crippen LogP contribution is -2.32. The van der Waals surface area contributed by atoms with Crippen LogP contribution in [0.5, 0.6) is 0 Å². The summed E-state index contributed by atoms with van der Waals surface area (Å²) in [5.74, 6) is 0. The van der Waals surface area contributed by atoms with Crippen molar-refractivity contribution in [2.45, 2.75) is 39.0 Å². The second-order valence-corrected chi connectivity index (χ2v) is 6.51. The summed E-state index contributed by atoms with van der Waals surface area (Å²) < 4.78 is 26.6. The highest BCUT2D eigenvalue weighted by Gasteiger charge is 2.26. The summed E-state index contributed by atoms with van der Waals surface area (Å²) in [5.41, 5.74) is 2.56. The molecule has 0 unspecified atom stereocenters. The average Bonchev–Trinajstić information content (AvgIpc) is 2.27. The molecule has 0 aliphatic heterocycles. The van der Waals surface area contributed by atoms with E-state index in [4.69, 9.17) is 5.26 Å². The summed E-state index contributed by atoms with van der Waals surface area (Å²) in [6.45, 7) is 7.96. The summed E-state index contributed by atoms with van der Waals surface area (Å²) in [4.78, 5) is 0.373. The van der Waals surface area contributed by atoms with E-state index in [1.165, 1.54) is 4.31 Å². The third-order valence-corrected chi connectivity index (χ3v) is 5.31. The average molecular weight is 280 g/mol. The van der Waals surface area contributed by atoms with Crippen molar-refractivity contribution in [2.75, 3.05) is 13.1 Å². The number of hydrogen-bond donors (Lipinski definition) is 0. The minimum absolute atomic E-state index is 0.205. The van der Waals surface area contributed by atoms with Gasteiger partial charge in [0.1, 0.15) is 0 Å². The Hall–Kier alpha value is -1.38. The molecule has 0 spiro atoms. The van der Waals surface area contributed by atoms with Gasteiger partial charge < -0.3 is 0 Å². The second kappa shape index (κ2) is 6.18. The van der Waals surface area contributed by atoms with Gasteiger partial charge in [-0.15, -0.1) is 0 Å². The molecule has 0 bridgehead atoms. The molecule has 0 heterocycles. The van der Waals surface area contributed by atoms with Crippen LogP contribution >= 0.6 is 0 Å². The topological polar surface area (TPSA) is 61.2 Å². The van der Waals surface area contributed by atoms with E-state index in [0.717, 1.165) is 16.7 Å². The smallest absolute Gasteiger partial charge is 0.207 e. The van der Waals surface area contributed by atoms with Crippen LogP contribution in [0.4, 0.5) is 0 Å². The molecule has 0 amide bonds. The van der Waals surface area contributed by atoms with E-state index in [0.29, 0.717) is 11.4 Å². The van der Waals surface area contributed by atoms with Crippen LogP contribution in [0, 0.1) is 32.1 Å². The minimum atomic E-state index is -3.52. The van der Waals surface area contributed by atoms with Gasteiger partial charge in [-0.2, -0.15) is 9.57 Å². The predicted molar refractivity (Wildman–Crippen MR) is 75.3 cm³/mol. The number of nitriles is 1. The molecule has 0 saturated heterocycles. The molecule has 1 aromatic carbocycles. The molecule has 0 aliphatic carbocycles. The van der Waals surface area contributed by atoms with Gasteiger partial charge in [-0.1, -0.05) is 24.6 Å². The first-order valence-corrected chi connectivity index (χ1v) is 7.73. The van der Waals surface area contributed by atoms with Gasteiger partial charge in [0.2, 0.25) is 10.0 Å². The van der Waals surface area contributed by atoms with Gasteiger partial charge in [-0.05, 0) is 31.9 Å². The van der Waals surface area contributed by atoms with Crippen molar-refractivity contribution in [2.24, 2.45) is 0 Å². The van der Waals surface area contributed by atoms with Gasteiger partial charge in [0.15, 0.2) is 0 Å². The van der Waals surface area contributed by atoms with Gasteiger partial charge in [-0.3, -0.25) is 0 Å². The fourth-order valence-corrected chi connectivity index (χ4v) is 4.19. The van der Waals surface area contributed by atoms with E-state index < -0.39 is 10.0 Å². The first-order chi connectivity index (χ1) is 8.84. The zero-order valence-corrected chi connectivity index (χ0v) is 12.7. The summed E-state index contributed by atoms with van der Waals surface area (Å²) in [6, 6.07) is 5.73. The van der Waals surface area contributed by atoms with E-state index in [1.54, 1.807) is 6.92 Å². The molecule has 19 heavy (non-hydrogen) atoms. The number of benzene rings is 1. The van der Waals surface area contributed by atoms with Crippen LogP contribution < -0.4 is 0 Å². The lowest BCUT2D eigenvalue weighted by molar-refractivity contribution is 0.434. The number of sulfonamides is 1. The molecule has 4 nitrogen and oxygen atoms in total. The lowest BCUT2D eigenvalue weighted by Gasteiger charge is -2.22. The second-order valence-electron chi connectivity index (χ2n) is 4.63. The van der Waals surface area contributed by atoms with Crippen LogP contribution in [0.1, 0.15) is 30.0 Å². The van der Waals surface area contributed by atoms with Crippen LogP contribution in [0.2, 0.25) is 0 Å². The maximum absolute atomic E-state index is 12.6. The zero-order valence-electron chi connectivity index (χ0n) is 11.9. The number of aryl methyl sites for hydroxylation is 3. The normalized spacial score (nSPS) is 11.6. The van der Waals surface area contributed by atoms with E-state index in [-0.39, 0.29) is 13.0 Å². The van der Waals surface area contributed by atoms with Crippen LogP contribution in [0.25, 0.3) is 0 Å². The highest BCUT2D eigenvalue weighted by Crippen LogP contribution is 2.25. The molecule has 0 saturated carbocycles. The SMILES string of the molecule is CCN(CCC#N)S(=O)(=O)c1c(C)cc(C)cc1C. The van der Waals surface area contributed by atoms with Gasteiger partial charge in [-0.25, -0.2) is 8.42 Å². The Morgan fingerprint density at radius 3 is 2.16 bits per heavy atom. The molecule has 1 rings (SSSR count). The number of rotatable bonds is 5. The van der Waals surface area contributed by atoms with Crippen LogP contribution in [-0.2, 0) is 10.0 Å². The monoisotopic (exact) mass is 280 g/mol. The summed E-state index contributed by atoms with van der Waals surface area (Å²) >= 11 is 0. The Morgan fingerprint density at radius 2 is 1.74 bits per heavy atom. The van der Waals surface area contributed by atoms with Gasteiger partial charge in [0.25, 0.3) is 0 Å². The molecule has 0 fully saturated rings. The fourth-order valence-electron chi connectivity index (χ4n) is 2.33. The Balaban J connectivity index is 3.31. The third kappa shape index (κ3) is 3.34. The van der Waals surface area contributed by atoms with Crippen LogP contribution in [0.15, 0.2) is 17.0 Å². The predicted octanol–water partition coefficient (Wildman–Crippen LogP) is 2.54. The minimum Gasteiger partial charge on any atom is -0.207 e. The Morgan fingerprint density at radius 1 is 1.21 bits per heavy atom. The first-order valence-electron chi connectivity index (χ1n) is 6.29.